The van der Waals surface area contributed by atoms with Gasteiger partial charge < -0.3 is 5.11 Å². The zero-order valence-corrected chi connectivity index (χ0v) is 9.61. The third kappa shape index (κ3) is 3.88. The number of rotatable bonds is 5. The molecule has 1 aromatic rings. The molecule has 0 saturated heterocycles. The van der Waals surface area contributed by atoms with Gasteiger partial charge in [0.2, 0.25) is 0 Å². The predicted molar refractivity (Wildman–Crippen MR) is 64.8 cm³/mol. The van der Waals surface area contributed by atoms with Crippen LogP contribution in [-0.4, -0.2) is 11.7 Å². The number of benzene rings is 1. The molecule has 1 N–H and O–H groups in total. The number of hydrogen-bond donors (Lipinski definition) is 1. The van der Waals surface area contributed by atoms with Crippen molar-refractivity contribution in [2.75, 3.05) is 6.61 Å². The maximum atomic E-state index is 9.34. The first-order chi connectivity index (χ1) is 7.20. The van der Waals surface area contributed by atoms with Crippen molar-refractivity contribution in [1.82, 2.24) is 0 Å². The highest BCUT2D eigenvalue weighted by molar-refractivity contribution is 5.15. The first kappa shape index (κ1) is 12.0. The van der Waals surface area contributed by atoms with Gasteiger partial charge in [0.25, 0.3) is 0 Å². The van der Waals surface area contributed by atoms with Crippen LogP contribution in [0.15, 0.2) is 42.5 Å². The molecule has 15 heavy (non-hydrogen) atoms. The van der Waals surface area contributed by atoms with Crippen LogP contribution in [-0.2, 0) is 6.42 Å². The normalized spacial score (nSPS) is 15.4. The highest BCUT2D eigenvalue weighted by Gasteiger charge is 2.18. The van der Waals surface area contributed by atoms with Gasteiger partial charge in [-0.05, 0) is 25.3 Å². The lowest BCUT2D eigenvalue weighted by atomic mass is 9.84. The fraction of sp³-hybridized carbons (Fsp3) is 0.429. The third-order valence-electron chi connectivity index (χ3n) is 2.76. The van der Waals surface area contributed by atoms with E-state index in [0.29, 0.717) is 0 Å². The zero-order chi connectivity index (χ0) is 11.1. The molecule has 0 aliphatic rings. The molecule has 1 atom stereocenters. The van der Waals surface area contributed by atoms with Gasteiger partial charge in [0.15, 0.2) is 0 Å². The molecule has 0 aliphatic heterocycles. The van der Waals surface area contributed by atoms with E-state index in [-0.39, 0.29) is 12.0 Å². The molecule has 82 valence electrons. The van der Waals surface area contributed by atoms with Crippen molar-refractivity contribution >= 4 is 0 Å². The molecule has 0 amide bonds. The molecule has 1 aromatic carbocycles. The Labute approximate surface area is 92.5 Å². The molecule has 0 fully saturated rings. The maximum absolute atomic E-state index is 9.34. The van der Waals surface area contributed by atoms with Crippen molar-refractivity contribution < 1.29 is 5.11 Å². The summed E-state index contributed by atoms with van der Waals surface area (Å²) in [5.41, 5.74) is 1.26. The Balaban J connectivity index is 2.55. The molecule has 1 heteroatoms. The average Bonchev–Trinajstić information content (AvgIpc) is 2.28. The molecule has 0 aromatic heterocycles. The number of hydrogen-bond acceptors (Lipinski definition) is 1. The second-order valence-electron chi connectivity index (χ2n) is 4.30. The van der Waals surface area contributed by atoms with Crippen molar-refractivity contribution in [3.8, 4) is 0 Å². The van der Waals surface area contributed by atoms with Crippen LogP contribution in [0.1, 0.15) is 25.8 Å². The standard InChI is InChI=1S/C14H20O/c1-3-10-14(2,12-15)11-9-13-7-5-4-6-8-13/h3-8,10,15H,9,11-12H2,1-2H3/b10-3+. The highest BCUT2D eigenvalue weighted by Crippen LogP contribution is 2.24. The van der Waals surface area contributed by atoms with Crippen molar-refractivity contribution in [2.24, 2.45) is 5.41 Å². The quantitative estimate of drug-likeness (QED) is 0.730. The van der Waals surface area contributed by atoms with Crippen LogP contribution in [0.25, 0.3) is 0 Å². The van der Waals surface area contributed by atoms with Gasteiger partial charge >= 0.3 is 0 Å². The van der Waals surface area contributed by atoms with Gasteiger partial charge in [-0.15, -0.1) is 0 Å². The lowest BCUT2D eigenvalue weighted by Crippen LogP contribution is -2.19. The molecule has 1 unspecified atom stereocenters. The van der Waals surface area contributed by atoms with Gasteiger partial charge in [-0.25, -0.2) is 0 Å². The smallest absolute Gasteiger partial charge is 0.0519 e. The molecular formula is C14H20O. The number of allylic oxidation sites excluding steroid dienone is 1. The minimum Gasteiger partial charge on any atom is -0.395 e. The van der Waals surface area contributed by atoms with E-state index in [2.05, 4.69) is 37.3 Å². The van der Waals surface area contributed by atoms with Crippen molar-refractivity contribution in [1.29, 1.82) is 0 Å². The fourth-order valence-electron chi connectivity index (χ4n) is 1.69. The van der Waals surface area contributed by atoms with Crippen LogP contribution in [0, 0.1) is 5.41 Å². The molecule has 0 heterocycles. The monoisotopic (exact) mass is 204 g/mol. The molecule has 0 spiro atoms. The highest BCUT2D eigenvalue weighted by atomic mass is 16.3. The van der Waals surface area contributed by atoms with Gasteiger partial charge in [-0.2, -0.15) is 0 Å². The van der Waals surface area contributed by atoms with Crippen LogP contribution in [0.5, 0.6) is 0 Å². The van der Waals surface area contributed by atoms with E-state index < -0.39 is 0 Å². The number of aliphatic hydroxyl groups is 1. The van der Waals surface area contributed by atoms with E-state index in [0.717, 1.165) is 12.8 Å². The number of aliphatic hydroxyl groups excluding tert-OH is 1. The van der Waals surface area contributed by atoms with Crippen molar-refractivity contribution in [3.63, 3.8) is 0 Å². The van der Waals surface area contributed by atoms with E-state index in [1.807, 2.05) is 19.1 Å². The van der Waals surface area contributed by atoms with E-state index in [4.69, 9.17) is 0 Å². The fourth-order valence-corrected chi connectivity index (χ4v) is 1.69. The summed E-state index contributed by atoms with van der Waals surface area (Å²) < 4.78 is 0. The summed E-state index contributed by atoms with van der Waals surface area (Å²) in [7, 11) is 0. The van der Waals surface area contributed by atoms with Gasteiger partial charge in [0.1, 0.15) is 0 Å². The van der Waals surface area contributed by atoms with Crippen LogP contribution < -0.4 is 0 Å². The maximum Gasteiger partial charge on any atom is 0.0519 e. The largest absolute Gasteiger partial charge is 0.395 e. The van der Waals surface area contributed by atoms with Crippen LogP contribution in [0.3, 0.4) is 0 Å². The second-order valence-corrected chi connectivity index (χ2v) is 4.30. The lowest BCUT2D eigenvalue weighted by Gasteiger charge is -2.23. The first-order valence-electron chi connectivity index (χ1n) is 5.49. The van der Waals surface area contributed by atoms with Crippen LogP contribution >= 0.6 is 0 Å². The van der Waals surface area contributed by atoms with E-state index >= 15 is 0 Å². The first-order valence-corrected chi connectivity index (χ1v) is 5.49. The Morgan fingerprint density at radius 1 is 1.27 bits per heavy atom. The van der Waals surface area contributed by atoms with E-state index in [1.165, 1.54) is 5.56 Å². The topological polar surface area (TPSA) is 20.2 Å². The molecule has 1 rings (SSSR count). The molecular weight excluding hydrogens is 184 g/mol. The summed E-state index contributed by atoms with van der Waals surface area (Å²) in [4.78, 5) is 0. The van der Waals surface area contributed by atoms with Gasteiger partial charge in [0, 0.05) is 5.41 Å². The van der Waals surface area contributed by atoms with Crippen LogP contribution in [0.2, 0.25) is 0 Å². The molecule has 0 aliphatic carbocycles. The Morgan fingerprint density at radius 3 is 2.47 bits per heavy atom. The third-order valence-corrected chi connectivity index (χ3v) is 2.76. The molecule has 0 bridgehead atoms. The predicted octanol–water partition coefficient (Wildman–Crippen LogP) is 3.19. The van der Waals surface area contributed by atoms with E-state index in [1.54, 1.807) is 0 Å². The molecule has 0 saturated carbocycles. The Kier molecular flexibility index (Phi) is 4.57. The Morgan fingerprint density at radius 2 is 1.93 bits per heavy atom. The lowest BCUT2D eigenvalue weighted by molar-refractivity contribution is 0.175. The minimum absolute atomic E-state index is 0.0788. The second kappa shape index (κ2) is 5.72. The van der Waals surface area contributed by atoms with Gasteiger partial charge in [-0.3, -0.25) is 0 Å². The summed E-state index contributed by atoms with van der Waals surface area (Å²) in [6, 6.07) is 10.4. The van der Waals surface area contributed by atoms with Crippen molar-refractivity contribution in [2.45, 2.75) is 26.7 Å². The summed E-state index contributed by atoms with van der Waals surface area (Å²) in [5.74, 6) is 0. The summed E-state index contributed by atoms with van der Waals surface area (Å²) in [5, 5.41) is 9.34. The van der Waals surface area contributed by atoms with Crippen molar-refractivity contribution in [3.05, 3.63) is 48.0 Å². The summed E-state index contributed by atoms with van der Waals surface area (Å²) >= 11 is 0. The summed E-state index contributed by atoms with van der Waals surface area (Å²) in [6.07, 6.45) is 6.11. The van der Waals surface area contributed by atoms with Crippen LogP contribution in [0.4, 0.5) is 0 Å². The zero-order valence-electron chi connectivity index (χ0n) is 9.61. The SMILES string of the molecule is C/C=C/C(C)(CO)CCc1ccccc1. The minimum atomic E-state index is -0.0788. The molecule has 1 nitrogen and oxygen atoms in total. The Hall–Kier alpha value is -1.08. The number of aryl methyl sites for hydroxylation is 1. The summed E-state index contributed by atoms with van der Waals surface area (Å²) in [6.45, 7) is 4.30. The molecule has 0 radical (unpaired) electrons. The van der Waals surface area contributed by atoms with E-state index in [9.17, 15) is 5.11 Å². The average molecular weight is 204 g/mol. The van der Waals surface area contributed by atoms with Gasteiger partial charge in [0.05, 0.1) is 6.61 Å². The Bertz CT molecular complexity index is 302. The van der Waals surface area contributed by atoms with Gasteiger partial charge in [-0.1, -0.05) is 49.4 Å².